The number of hydrogen-bond donors (Lipinski definition) is 0. The number of rotatable bonds is 6. The van der Waals surface area contributed by atoms with E-state index in [4.69, 9.17) is 0 Å². The van der Waals surface area contributed by atoms with Crippen molar-refractivity contribution < 1.29 is 13.6 Å². The normalized spacial score (nSPS) is 11.2. The zero-order chi connectivity index (χ0) is 21.3. The van der Waals surface area contributed by atoms with Crippen LogP contribution in [0.15, 0.2) is 48.5 Å². The third-order valence-corrected chi connectivity index (χ3v) is 5.80. The highest BCUT2D eigenvalue weighted by atomic mass is 32.1. The standard InChI is InChI=1S/C22H20F2N4OS/c1-14-10-15(2)28(26-14)9-8-27(20(29)11-16-6-4-3-5-7-16)22-25-21-18(24)12-17(23)13-19(21)30-22/h3-7,10,12-13H,8-9,11H2,1-2H3. The third kappa shape index (κ3) is 4.23. The van der Waals surface area contributed by atoms with Crippen LogP contribution in [0.1, 0.15) is 17.0 Å². The Morgan fingerprint density at radius 1 is 1.13 bits per heavy atom. The van der Waals surface area contributed by atoms with E-state index in [1.165, 1.54) is 11.0 Å². The van der Waals surface area contributed by atoms with Crippen LogP contribution in [0, 0.1) is 25.5 Å². The summed E-state index contributed by atoms with van der Waals surface area (Å²) in [5.41, 5.74) is 2.82. The number of benzene rings is 2. The first-order valence-corrected chi connectivity index (χ1v) is 10.3. The molecule has 8 heteroatoms. The second kappa shape index (κ2) is 8.31. The molecule has 0 unspecified atom stereocenters. The van der Waals surface area contributed by atoms with Crippen molar-refractivity contribution >= 4 is 32.6 Å². The summed E-state index contributed by atoms with van der Waals surface area (Å²) in [6.07, 6.45) is 0.185. The van der Waals surface area contributed by atoms with E-state index in [1.54, 1.807) is 0 Å². The summed E-state index contributed by atoms with van der Waals surface area (Å²) in [6.45, 7) is 4.64. The molecule has 5 nitrogen and oxygen atoms in total. The predicted octanol–water partition coefficient (Wildman–Crippen LogP) is 4.66. The Balaban J connectivity index is 1.66. The smallest absolute Gasteiger partial charge is 0.233 e. The molecular formula is C22H20F2N4OS. The number of nitrogens with zero attached hydrogens (tertiary/aromatic N) is 4. The molecular weight excluding hydrogens is 406 g/mol. The van der Waals surface area contributed by atoms with Gasteiger partial charge in [0.2, 0.25) is 5.91 Å². The summed E-state index contributed by atoms with van der Waals surface area (Å²) in [5, 5.41) is 4.78. The number of hydrogen-bond acceptors (Lipinski definition) is 4. The highest BCUT2D eigenvalue weighted by Crippen LogP contribution is 2.31. The third-order valence-electron chi connectivity index (χ3n) is 4.77. The van der Waals surface area contributed by atoms with Crippen molar-refractivity contribution in [2.24, 2.45) is 0 Å². The highest BCUT2D eigenvalue weighted by molar-refractivity contribution is 7.22. The van der Waals surface area contributed by atoms with Crippen LogP contribution in [0.2, 0.25) is 0 Å². The van der Waals surface area contributed by atoms with Gasteiger partial charge in [-0.1, -0.05) is 41.7 Å². The summed E-state index contributed by atoms with van der Waals surface area (Å²) >= 11 is 1.10. The second-order valence-electron chi connectivity index (χ2n) is 7.09. The van der Waals surface area contributed by atoms with Crippen LogP contribution >= 0.6 is 11.3 Å². The average Bonchev–Trinajstić information content (AvgIpc) is 3.25. The zero-order valence-corrected chi connectivity index (χ0v) is 17.4. The SMILES string of the molecule is Cc1cc(C)n(CCN(C(=O)Cc2ccccc2)c2nc3c(F)cc(F)cc3s2)n1. The fourth-order valence-corrected chi connectivity index (χ4v) is 4.40. The topological polar surface area (TPSA) is 51.0 Å². The van der Waals surface area contributed by atoms with Gasteiger partial charge in [0.25, 0.3) is 0 Å². The van der Waals surface area contributed by atoms with Gasteiger partial charge in [-0.3, -0.25) is 14.4 Å². The molecule has 0 aliphatic rings. The van der Waals surface area contributed by atoms with Crippen LogP contribution in [-0.2, 0) is 17.8 Å². The molecule has 0 fully saturated rings. The number of halogens is 2. The molecule has 1 amide bonds. The van der Waals surface area contributed by atoms with Gasteiger partial charge in [0.15, 0.2) is 10.9 Å². The van der Waals surface area contributed by atoms with Crippen LogP contribution < -0.4 is 4.90 Å². The van der Waals surface area contributed by atoms with Gasteiger partial charge in [0.05, 0.1) is 23.4 Å². The molecule has 0 saturated carbocycles. The number of anilines is 1. The Kier molecular flexibility index (Phi) is 5.59. The lowest BCUT2D eigenvalue weighted by molar-refractivity contribution is -0.118. The summed E-state index contributed by atoms with van der Waals surface area (Å²) in [5.74, 6) is -1.57. The monoisotopic (exact) mass is 426 g/mol. The number of thiazole rings is 1. The molecule has 2 aromatic carbocycles. The van der Waals surface area contributed by atoms with Crippen molar-refractivity contribution in [3.8, 4) is 0 Å². The van der Waals surface area contributed by atoms with Crippen molar-refractivity contribution in [1.29, 1.82) is 0 Å². The molecule has 0 saturated heterocycles. The van der Waals surface area contributed by atoms with Gasteiger partial charge in [-0.25, -0.2) is 13.8 Å². The molecule has 0 radical (unpaired) electrons. The Morgan fingerprint density at radius 2 is 1.90 bits per heavy atom. The molecule has 0 N–H and O–H groups in total. The summed E-state index contributed by atoms with van der Waals surface area (Å²) < 4.78 is 30.0. The molecule has 0 spiro atoms. The average molecular weight is 426 g/mol. The van der Waals surface area contributed by atoms with Crippen LogP contribution in [0.3, 0.4) is 0 Å². The van der Waals surface area contributed by atoms with Crippen LogP contribution in [0.4, 0.5) is 13.9 Å². The molecule has 4 rings (SSSR count). The molecule has 154 valence electrons. The molecule has 2 aromatic heterocycles. The summed E-state index contributed by atoms with van der Waals surface area (Å²) in [6, 6.07) is 13.4. The fourth-order valence-electron chi connectivity index (χ4n) is 3.35. The van der Waals surface area contributed by atoms with Crippen molar-refractivity contribution in [2.45, 2.75) is 26.8 Å². The van der Waals surface area contributed by atoms with E-state index in [0.29, 0.717) is 22.9 Å². The van der Waals surface area contributed by atoms with E-state index in [-0.39, 0.29) is 17.8 Å². The maximum absolute atomic E-state index is 14.2. The molecule has 30 heavy (non-hydrogen) atoms. The number of fused-ring (bicyclic) bond motifs is 1. The zero-order valence-electron chi connectivity index (χ0n) is 16.6. The molecule has 0 atom stereocenters. The summed E-state index contributed by atoms with van der Waals surface area (Å²) in [7, 11) is 0. The lowest BCUT2D eigenvalue weighted by atomic mass is 10.1. The van der Waals surface area contributed by atoms with E-state index < -0.39 is 11.6 Å². The molecule has 4 aromatic rings. The Hall–Kier alpha value is -3.13. The van der Waals surface area contributed by atoms with E-state index >= 15 is 0 Å². The number of amides is 1. The van der Waals surface area contributed by atoms with Crippen molar-refractivity contribution in [3.05, 3.63) is 77.1 Å². The maximum Gasteiger partial charge on any atom is 0.233 e. The predicted molar refractivity (Wildman–Crippen MR) is 114 cm³/mol. The first-order chi connectivity index (χ1) is 14.4. The second-order valence-corrected chi connectivity index (χ2v) is 8.10. The van der Waals surface area contributed by atoms with Crippen LogP contribution in [0.5, 0.6) is 0 Å². The lowest BCUT2D eigenvalue weighted by Crippen LogP contribution is -2.35. The quantitative estimate of drug-likeness (QED) is 0.450. The Morgan fingerprint density at radius 3 is 2.60 bits per heavy atom. The van der Waals surface area contributed by atoms with E-state index in [0.717, 1.165) is 34.4 Å². The van der Waals surface area contributed by atoms with Crippen LogP contribution in [0.25, 0.3) is 10.2 Å². The van der Waals surface area contributed by atoms with Crippen molar-refractivity contribution in [3.63, 3.8) is 0 Å². The molecule has 0 aliphatic carbocycles. The number of carbonyl (C=O) groups is 1. The van der Waals surface area contributed by atoms with Crippen LogP contribution in [-0.4, -0.2) is 27.2 Å². The van der Waals surface area contributed by atoms with Crippen molar-refractivity contribution in [2.75, 3.05) is 11.4 Å². The fraction of sp³-hybridized carbons (Fsp3) is 0.227. The minimum atomic E-state index is -0.735. The molecule has 2 heterocycles. The van der Waals surface area contributed by atoms with Gasteiger partial charge >= 0.3 is 0 Å². The Bertz CT molecular complexity index is 1200. The maximum atomic E-state index is 14.2. The van der Waals surface area contributed by atoms with E-state index in [2.05, 4.69) is 10.1 Å². The minimum Gasteiger partial charge on any atom is -0.286 e. The van der Waals surface area contributed by atoms with E-state index in [9.17, 15) is 13.6 Å². The molecule has 0 aliphatic heterocycles. The molecule has 0 bridgehead atoms. The van der Waals surface area contributed by atoms with Gasteiger partial charge in [-0.05, 0) is 31.5 Å². The Labute approximate surface area is 176 Å². The van der Waals surface area contributed by atoms with Gasteiger partial charge in [0, 0.05) is 18.3 Å². The highest BCUT2D eigenvalue weighted by Gasteiger charge is 2.22. The first-order valence-electron chi connectivity index (χ1n) is 9.51. The van der Waals surface area contributed by atoms with E-state index in [1.807, 2.05) is 54.9 Å². The largest absolute Gasteiger partial charge is 0.286 e. The van der Waals surface area contributed by atoms with Gasteiger partial charge in [-0.2, -0.15) is 5.10 Å². The first kappa shape index (κ1) is 20.2. The van der Waals surface area contributed by atoms with Gasteiger partial charge < -0.3 is 0 Å². The lowest BCUT2D eigenvalue weighted by Gasteiger charge is -2.20. The van der Waals surface area contributed by atoms with Gasteiger partial charge in [0.1, 0.15) is 11.3 Å². The number of aromatic nitrogens is 3. The minimum absolute atomic E-state index is 0.0695. The number of aryl methyl sites for hydroxylation is 2. The summed E-state index contributed by atoms with van der Waals surface area (Å²) in [4.78, 5) is 19.0. The number of carbonyl (C=O) groups excluding carboxylic acids is 1. The van der Waals surface area contributed by atoms with Crippen molar-refractivity contribution in [1.82, 2.24) is 14.8 Å². The van der Waals surface area contributed by atoms with Gasteiger partial charge in [-0.15, -0.1) is 0 Å².